The molecular formula is C22H28N6O2. The van der Waals surface area contributed by atoms with Crippen LogP contribution in [0.25, 0.3) is 11.0 Å². The average Bonchev–Trinajstić information content (AvgIpc) is 3.21. The van der Waals surface area contributed by atoms with E-state index in [0.717, 1.165) is 54.2 Å². The molecule has 3 N–H and O–H groups in total. The van der Waals surface area contributed by atoms with Gasteiger partial charge in [-0.2, -0.15) is 0 Å². The molecule has 2 aromatic heterocycles. The van der Waals surface area contributed by atoms with Gasteiger partial charge in [-0.3, -0.25) is 4.79 Å². The summed E-state index contributed by atoms with van der Waals surface area (Å²) in [6, 6.07) is 9.75. The summed E-state index contributed by atoms with van der Waals surface area (Å²) in [6.45, 7) is 5.86. The molecule has 8 nitrogen and oxygen atoms in total. The molecule has 0 saturated carbocycles. The van der Waals surface area contributed by atoms with Crippen molar-refractivity contribution in [1.82, 2.24) is 20.3 Å². The van der Waals surface area contributed by atoms with Gasteiger partial charge in [0.1, 0.15) is 23.5 Å². The van der Waals surface area contributed by atoms with E-state index in [0.29, 0.717) is 0 Å². The normalized spacial score (nSPS) is 16.6. The Morgan fingerprint density at radius 2 is 2.23 bits per heavy atom. The number of aromatic nitrogens is 3. The van der Waals surface area contributed by atoms with Crippen LogP contribution in [-0.2, 0) is 4.79 Å². The van der Waals surface area contributed by atoms with Gasteiger partial charge in [0.05, 0.1) is 18.0 Å². The van der Waals surface area contributed by atoms with Gasteiger partial charge in [-0.05, 0) is 44.9 Å². The van der Waals surface area contributed by atoms with E-state index in [1.54, 1.807) is 6.33 Å². The smallest absolute Gasteiger partial charge is 0.239 e. The number of amides is 1. The van der Waals surface area contributed by atoms with Gasteiger partial charge in [-0.15, -0.1) is 0 Å². The minimum absolute atomic E-state index is 0.0218. The summed E-state index contributed by atoms with van der Waals surface area (Å²) in [7, 11) is 0. The van der Waals surface area contributed by atoms with Crippen LogP contribution in [0.4, 0.5) is 11.5 Å². The summed E-state index contributed by atoms with van der Waals surface area (Å²) in [6.07, 6.45) is 5.53. The van der Waals surface area contributed by atoms with E-state index in [9.17, 15) is 4.79 Å². The highest BCUT2D eigenvalue weighted by atomic mass is 16.5. The number of hydrogen-bond donors (Lipinski definition) is 3. The summed E-state index contributed by atoms with van der Waals surface area (Å²) >= 11 is 0. The summed E-state index contributed by atoms with van der Waals surface area (Å²) in [5.41, 5.74) is 1.70. The van der Waals surface area contributed by atoms with Gasteiger partial charge in [-0.1, -0.05) is 6.07 Å². The van der Waals surface area contributed by atoms with Gasteiger partial charge in [0.25, 0.3) is 0 Å². The zero-order chi connectivity index (χ0) is 20.9. The first-order chi connectivity index (χ1) is 14.6. The van der Waals surface area contributed by atoms with E-state index < -0.39 is 0 Å². The fourth-order valence-electron chi connectivity index (χ4n) is 3.81. The summed E-state index contributed by atoms with van der Waals surface area (Å²) < 4.78 is 5.70. The number of H-pyrrole nitrogens is 1. The van der Waals surface area contributed by atoms with Crippen molar-refractivity contribution in [3.63, 3.8) is 0 Å². The number of carbonyl (C=O) groups is 1. The summed E-state index contributed by atoms with van der Waals surface area (Å²) in [5, 5.41) is 7.34. The van der Waals surface area contributed by atoms with E-state index >= 15 is 0 Å². The Balaban J connectivity index is 1.32. The maximum Gasteiger partial charge on any atom is 0.239 e. The van der Waals surface area contributed by atoms with Crippen molar-refractivity contribution in [3.8, 4) is 5.75 Å². The summed E-state index contributed by atoms with van der Waals surface area (Å²) in [5.74, 6) is 1.69. The average molecular weight is 409 g/mol. The van der Waals surface area contributed by atoms with Gasteiger partial charge >= 0.3 is 0 Å². The molecule has 4 rings (SSSR count). The lowest BCUT2D eigenvalue weighted by Crippen LogP contribution is -2.49. The molecule has 0 radical (unpaired) electrons. The molecule has 1 amide bonds. The predicted molar refractivity (Wildman–Crippen MR) is 118 cm³/mol. The minimum Gasteiger partial charge on any atom is -0.491 e. The van der Waals surface area contributed by atoms with E-state index in [1.165, 1.54) is 0 Å². The molecule has 0 spiro atoms. The van der Waals surface area contributed by atoms with Crippen LogP contribution < -0.4 is 20.3 Å². The highest BCUT2D eigenvalue weighted by Crippen LogP contribution is 2.25. The standard InChI is InChI=1S/C22H28N6O2/c1-15(2)30-18-7-3-5-16(11-18)24-12-20(29)27-17-6-4-10-28(13-17)22-19-8-9-23-21(19)25-14-26-22/h3,5,7-9,11,14-15,17,24H,4,6,10,12-13H2,1-2H3,(H,27,29)(H,23,25,26)/t17-/m0/s1. The van der Waals surface area contributed by atoms with E-state index in [-0.39, 0.29) is 24.6 Å². The zero-order valence-corrected chi connectivity index (χ0v) is 17.4. The topological polar surface area (TPSA) is 95.2 Å². The van der Waals surface area contributed by atoms with Gasteiger partial charge in [0, 0.05) is 37.1 Å². The van der Waals surface area contributed by atoms with Crippen LogP contribution in [0.2, 0.25) is 0 Å². The number of rotatable bonds is 7. The molecule has 30 heavy (non-hydrogen) atoms. The Kier molecular flexibility index (Phi) is 6.02. The number of ether oxygens (including phenoxy) is 1. The minimum atomic E-state index is -0.0218. The largest absolute Gasteiger partial charge is 0.491 e. The lowest BCUT2D eigenvalue weighted by molar-refractivity contribution is -0.120. The third kappa shape index (κ3) is 4.82. The number of hydrogen-bond acceptors (Lipinski definition) is 6. The van der Waals surface area contributed by atoms with Gasteiger partial charge in [0.2, 0.25) is 5.91 Å². The molecule has 1 atom stereocenters. The van der Waals surface area contributed by atoms with Crippen molar-refractivity contribution >= 4 is 28.4 Å². The quantitative estimate of drug-likeness (QED) is 0.556. The Morgan fingerprint density at radius 3 is 3.10 bits per heavy atom. The van der Waals surface area contributed by atoms with Crippen LogP contribution >= 0.6 is 0 Å². The number of benzene rings is 1. The molecule has 0 aliphatic carbocycles. The first-order valence-electron chi connectivity index (χ1n) is 10.4. The van der Waals surface area contributed by atoms with Crippen LogP contribution in [0.15, 0.2) is 42.9 Å². The number of nitrogens with zero attached hydrogens (tertiary/aromatic N) is 3. The Labute approximate surface area is 176 Å². The second kappa shape index (κ2) is 9.02. The van der Waals surface area contributed by atoms with E-state index in [2.05, 4.69) is 30.5 Å². The molecule has 158 valence electrons. The van der Waals surface area contributed by atoms with Gasteiger partial charge in [0.15, 0.2) is 0 Å². The van der Waals surface area contributed by atoms with Crippen LogP contribution in [0.3, 0.4) is 0 Å². The van der Waals surface area contributed by atoms with Crippen molar-refractivity contribution in [2.45, 2.75) is 38.8 Å². The Bertz CT molecular complexity index is 1000. The molecule has 3 heterocycles. The lowest BCUT2D eigenvalue weighted by Gasteiger charge is -2.34. The molecule has 1 aromatic carbocycles. The monoisotopic (exact) mass is 408 g/mol. The molecule has 3 aromatic rings. The molecule has 1 aliphatic heterocycles. The number of piperidine rings is 1. The van der Waals surface area contributed by atoms with Gasteiger partial charge < -0.3 is 25.3 Å². The molecule has 1 saturated heterocycles. The van der Waals surface area contributed by atoms with Crippen LogP contribution in [-0.4, -0.2) is 52.6 Å². The lowest BCUT2D eigenvalue weighted by atomic mass is 10.1. The van der Waals surface area contributed by atoms with Crippen molar-refractivity contribution < 1.29 is 9.53 Å². The molecule has 8 heteroatoms. The second-order valence-corrected chi connectivity index (χ2v) is 7.84. The third-order valence-corrected chi connectivity index (χ3v) is 5.08. The number of fused-ring (bicyclic) bond motifs is 1. The highest BCUT2D eigenvalue weighted by molar-refractivity contribution is 5.87. The number of carbonyl (C=O) groups excluding carboxylic acids is 1. The summed E-state index contributed by atoms with van der Waals surface area (Å²) in [4.78, 5) is 26.6. The maximum absolute atomic E-state index is 12.5. The molecular weight excluding hydrogens is 380 g/mol. The molecule has 1 fully saturated rings. The first-order valence-corrected chi connectivity index (χ1v) is 10.4. The van der Waals surface area contributed by atoms with Crippen LogP contribution in [0.5, 0.6) is 5.75 Å². The van der Waals surface area contributed by atoms with Crippen molar-refractivity contribution in [2.75, 3.05) is 29.9 Å². The highest BCUT2D eigenvalue weighted by Gasteiger charge is 2.23. The number of nitrogens with one attached hydrogen (secondary N) is 3. The molecule has 0 bridgehead atoms. The first kappa shape index (κ1) is 20.0. The zero-order valence-electron chi connectivity index (χ0n) is 17.4. The van der Waals surface area contributed by atoms with Crippen molar-refractivity contribution in [3.05, 3.63) is 42.9 Å². The van der Waals surface area contributed by atoms with Crippen LogP contribution in [0.1, 0.15) is 26.7 Å². The Hall–Kier alpha value is -3.29. The van der Waals surface area contributed by atoms with Crippen molar-refractivity contribution in [2.24, 2.45) is 0 Å². The van der Waals surface area contributed by atoms with Crippen LogP contribution in [0, 0.1) is 0 Å². The number of anilines is 2. The maximum atomic E-state index is 12.5. The number of aromatic amines is 1. The SMILES string of the molecule is CC(C)Oc1cccc(NCC(=O)N[C@H]2CCCN(c3ncnc4[nH]ccc34)C2)c1. The third-order valence-electron chi connectivity index (χ3n) is 5.08. The Morgan fingerprint density at radius 1 is 1.33 bits per heavy atom. The fourth-order valence-corrected chi connectivity index (χ4v) is 3.81. The second-order valence-electron chi connectivity index (χ2n) is 7.84. The van der Waals surface area contributed by atoms with E-state index in [1.807, 2.05) is 50.4 Å². The van der Waals surface area contributed by atoms with Crippen molar-refractivity contribution in [1.29, 1.82) is 0 Å². The predicted octanol–water partition coefficient (Wildman–Crippen LogP) is 2.94. The molecule has 1 aliphatic rings. The fraction of sp³-hybridized carbons (Fsp3) is 0.409. The van der Waals surface area contributed by atoms with E-state index in [4.69, 9.17) is 4.74 Å². The molecule has 0 unspecified atom stereocenters. The van der Waals surface area contributed by atoms with Gasteiger partial charge in [-0.25, -0.2) is 9.97 Å².